The number of fused-ring (bicyclic) bond motifs is 1. The molecule has 0 bridgehead atoms. The highest BCUT2D eigenvalue weighted by atomic mass is 16.7. The van der Waals surface area contributed by atoms with Gasteiger partial charge in [0.05, 0.1) is 6.04 Å². The van der Waals surface area contributed by atoms with E-state index in [0.717, 1.165) is 43.2 Å². The topological polar surface area (TPSA) is 66.1 Å². The van der Waals surface area contributed by atoms with E-state index in [1.165, 1.54) is 0 Å². The van der Waals surface area contributed by atoms with Crippen molar-refractivity contribution in [3.8, 4) is 11.5 Å². The highest BCUT2D eigenvalue weighted by Gasteiger charge is 2.26. The highest BCUT2D eigenvalue weighted by molar-refractivity contribution is 5.74. The van der Waals surface area contributed by atoms with Crippen LogP contribution in [0.3, 0.4) is 0 Å². The fourth-order valence-electron chi connectivity index (χ4n) is 3.29. The van der Waals surface area contributed by atoms with Gasteiger partial charge >= 0.3 is 6.03 Å². The van der Waals surface area contributed by atoms with Crippen LogP contribution in [-0.4, -0.2) is 67.9 Å². The number of nitrogens with zero attached hydrogens (tertiary/aromatic N) is 2. The monoisotopic (exact) mass is 362 g/mol. The number of benzene rings is 1. The minimum atomic E-state index is -0.258. The summed E-state index contributed by atoms with van der Waals surface area (Å²) in [6, 6.07) is 6.02. The van der Waals surface area contributed by atoms with Crippen LogP contribution in [0.1, 0.15) is 32.4 Å². The van der Waals surface area contributed by atoms with Crippen molar-refractivity contribution in [2.24, 2.45) is 0 Å². The average Bonchev–Trinajstić information content (AvgIpc) is 3.03. The van der Waals surface area contributed by atoms with Crippen LogP contribution in [0.4, 0.5) is 4.79 Å². The van der Waals surface area contributed by atoms with Crippen molar-refractivity contribution in [2.75, 3.05) is 46.6 Å². The molecule has 2 N–H and O–H groups in total. The zero-order chi connectivity index (χ0) is 18.7. The van der Waals surface area contributed by atoms with Crippen LogP contribution in [0.5, 0.6) is 11.5 Å². The molecule has 1 aromatic rings. The molecule has 2 aliphatic rings. The Hall–Kier alpha value is -1.99. The molecule has 7 heteroatoms. The number of carbonyl (C=O) groups is 1. The highest BCUT2D eigenvalue weighted by Crippen LogP contribution is 2.35. The van der Waals surface area contributed by atoms with Crippen LogP contribution in [0.2, 0.25) is 0 Å². The van der Waals surface area contributed by atoms with Crippen LogP contribution in [-0.2, 0) is 0 Å². The van der Waals surface area contributed by atoms with E-state index in [-0.39, 0.29) is 24.4 Å². The Bertz CT molecular complexity index is 636. The molecule has 2 heterocycles. The summed E-state index contributed by atoms with van der Waals surface area (Å²) in [6.07, 6.45) is 0. The van der Waals surface area contributed by atoms with Crippen LogP contribution < -0.4 is 20.1 Å². The van der Waals surface area contributed by atoms with Crippen molar-refractivity contribution in [1.29, 1.82) is 0 Å². The molecule has 0 unspecified atom stereocenters. The molecule has 7 nitrogen and oxygen atoms in total. The summed E-state index contributed by atoms with van der Waals surface area (Å²) in [6.45, 7) is 10.7. The molecule has 1 aromatic carbocycles. The second kappa shape index (κ2) is 7.72. The lowest BCUT2D eigenvalue weighted by Crippen LogP contribution is -2.51. The number of hydrogen-bond donors (Lipinski definition) is 2. The summed E-state index contributed by atoms with van der Waals surface area (Å²) in [4.78, 5) is 17.0. The van der Waals surface area contributed by atoms with Crippen LogP contribution in [0.25, 0.3) is 0 Å². The summed E-state index contributed by atoms with van der Waals surface area (Å²) in [5, 5.41) is 5.99. The number of amides is 2. The van der Waals surface area contributed by atoms with Crippen LogP contribution >= 0.6 is 0 Å². The lowest BCUT2D eigenvalue weighted by atomic mass is 10.0. The lowest BCUT2D eigenvalue weighted by Gasteiger charge is -2.38. The summed E-state index contributed by atoms with van der Waals surface area (Å²) in [5.74, 6) is 1.56. The third-order valence-corrected chi connectivity index (χ3v) is 4.70. The zero-order valence-electron chi connectivity index (χ0n) is 16.2. The van der Waals surface area contributed by atoms with E-state index in [1.807, 2.05) is 32.9 Å². The first kappa shape index (κ1) is 18.8. The van der Waals surface area contributed by atoms with E-state index in [9.17, 15) is 4.79 Å². The number of likely N-dealkylation sites (N-methyl/N-ethyl adjacent to an activating group) is 1. The van der Waals surface area contributed by atoms with Crippen LogP contribution in [0, 0.1) is 0 Å². The van der Waals surface area contributed by atoms with Crippen molar-refractivity contribution in [1.82, 2.24) is 20.4 Å². The van der Waals surface area contributed by atoms with Gasteiger partial charge < -0.3 is 25.0 Å². The van der Waals surface area contributed by atoms with E-state index < -0.39 is 0 Å². The molecular weight excluding hydrogens is 332 g/mol. The summed E-state index contributed by atoms with van der Waals surface area (Å²) >= 11 is 0. The Morgan fingerprint density at radius 2 is 1.85 bits per heavy atom. The molecule has 1 atom stereocenters. The number of piperazine rings is 1. The molecule has 0 radical (unpaired) electrons. The quantitative estimate of drug-likeness (QED) is 0.855. The predicted octanol–water partition coefficient (Wildman–Crippen LogP) is 1.80. The van der Waals surface area contributed by atoms with Gasteiger partial charge in [0, 0.05) is 38.3 Å². The molecule has 0 spiro atoms. The average molecular weight is 362 g/mol. The normalized spacial score (nSPS) is 19.2. The van der Waals surface area contributed by atoms with Crippen LogP contribution in [0.15, 0.2) is 18.2 Å². The molecule has 0 aromatic heterocycles. The molecule has 2 amide bonds. The fraction of sp³-hybridized carbons (Fsp3) is 0.632. The van der Waals surface area contributed by atoms with E-state index in [4.69, 9.17) is 9.47 Å². The first-order valence-electron chi connectivity index (χ1n) is 9.20. The second-order valence-corrected chi connectivity index (χ2v) is 8.05. The molecule has 2 aliphatic heterocycles. The van der Waals surface area contributed by atoms with E-state index in [2.05, 4.69) is 33.5 Å². The molecule has 144 valence electrons. The molecular formula is C19H30N4O3. The largest absolute Gasteiger partial charge is 0.454 e. The number of carbonyl (C=O) groups excluding carboxylic acids is 1. The van der Waals surface area contributed by atoms with Gasteiger partial charge in [0.1, 0.15) is 0 Å². The van der Waals surface area contributed by atoms with E-state index >= 15 is 0 Å². The molecule has 1 fully saturated rings. The molecule has 0 saturated carbocycles. The number of rotatable bonds is 4. The number of nitrogens with one attached hydrogen (secondary N) is 2. The van der Waals surface area contributed by atoms with Gasteiger partial charge in [0.15, 0.2) is 11.5 Å². The standard InChI is InChI=1S/C19H30N4O3/c1-19(2,3)21-18(24)20-12-15(23-9-7-22(4)8-10-23)14-5-6-16-17(11-14)26-13-25-16/h5-6,11,15H,7-10,12-13H2,1-4H3,(H2,20,21,24)/t15-/m1/s1. The van der Waals surface area contributed by atoms with Gasteiger partial charge in [-0.15, -0.1) is 0 Å². The molecule has 0 aliphatic carbocycles. The van der Waals surface area contributed by atoms with Gasteiger partial charge in [0.2, 0.25) is 6.79 Å². The number of hydrogen-bond acceptors (Lipinski definition) is 5. The Balaban J connectivity index is 1.72. The van der Waals surface area contributed by atoms with Gasteiger partial charge in [-0.1, -0.05) is 6.07 Å². The Labute approximate surface area is 155 Å². The minimum Gasteiger partial charge on any atom is -0.454 e. The minimum absolute atomic E-state index is 0.101. The summed E-state index contributed by atoms with van der Waals surface area (Å²) < 4.78 is 11.0. The maximum absolute atomic E-state index is 12.2. The van der Waals surface area contributed by atoms with E-state index in [0.29, 0.717) is 6.54 Å². The third-order valence-electron chi connectivity index (χ3n) is 4.70. The second-order valence-electron chi connectivity index (χ2n) is 8.05. The van der Waals surface area contributed by atoms with Crippen molar-refractivity contribution in [2.45, 2.75) is 32.4 Å². The summed E-state index contributed by atoms with van der Waals surface area (Å²) in [5.41, 5.74) is 0.876. The van der Waals surface area contributed by atoms with Crippen molar-refractivity contribution < 1.29 is 14.3 Å². The van der Waals surface area contributed by atoms with Crippen molar-refractivity contribution >= 4 is 6.03 Å². The third kappa shape index (κ3) is 4.80. The predicted molar refractivity (Wildman–Crippen MR) is 101 cm³/mol. The van der Waals surface area contributed by atoms with Gasteiger partial charge in [-0.05, 0) is 45.5 Å². The number of ether oxygens (including phenoxy) is 2. The maximum atomic E-state index is 12.2. The fourth-order valence-corrected chi connectivity index (χ4v) is 3.29. The smallest absolute Gasteiger partial charge is 0.315 e. The van der Waals surface area contributed by atoms with Gasteiger partial charge in [0.25, 0.3) is 0 Å². The lowest BCUT2D eigenvalue weighted by molar-refractivity contribution is 0.110. The Kier molecular flexibility index (Phi) is 5.58. The molecule has 1 saturated heterocycles. The van der Waals surface area contributed by atoms with Gasteiger partial charge in [-0.25, -0.2) is 4.79 Å². The van der Waals surface area contributed by atoms with Crippen molar-refractivity contribution in [3.63, 3.8) is 0 Å². The molecule has 3 rings (SSSR count). The maximum Gasteiger partial charge on any atom is 0.315 e. The Morgan fingerprint density at radius 1 is 1.15 bits per heavy atom. The molecule has 26 heavy (non-hydrogen) atoms. The van der Waals surface area contributed by atoms with Gasteiger partial charge in [-0.3, -0.25) is 4.90 Å². The van der Waals surface area contributed by atoms with Gasteiger partial charge in [-0.2, -0.15) is 0 Å². The SMILES string of the molecule is CN1CCN([C@H](CNC(=O)NC(C)(C)C)c2ccc3c(c2)OCO3)CC1. The van der Waals surface area contributed by atoms with E-state index in [1.54, 1.807) is 0 Å². The van der Waals surface area contributed by atoms with Crippen molar-refractivity contribution in [3.05, 3.63) is 23.8 Å². The zero-order valence-corrected chi connectivity index (χ0v) is 16.2. The first-order chi connectivity index (χ1) is 12.3. The summed E-state index contributed by atoms with van der Waals surface area (Å²) in [7, 11) is 2.14. The Morgan fingerprint density at radius 3 is 2.54 bits per heavy atom. The number of urea groups is 1. The first-order valence-corrected chi connectivity index (χ1v) is 9.20.